The van der Waals surface area contributed by atoms with Gasteiger partial charge in [0.15, 0.2) is 0 Å². The normalized spacial score (nSPS) is 25.9. The van der Waals surface area contributed by atoms with Crippen LogP contribution in [0.5, 0.6) is 0 Å². The number of ether oxygens (including phenoxy) is 3. The summed E-state index contributed by atoms with van der Waals surface area (Å²) in [5.74, 6) is 11.3. The van der Waals surface area contributed by atoms with Crippen molar-refractivity contribution in [2.45, 2.75) is 61.0 Å². The molecule has 14 nitrogen and oxygen atoms in total. The van der Waals surface area contributed by atoms with E-state index in [1.807, 2.05) is 0 Å². The fourth-order valence-electron chi connectivity index (χ4n) is 6.35. The van der Waals surface area contributed by atoms with E-state index in [4.69, 9.17) is 14.2 Å². The first-order chi connectivity index (χ1) is 27.9. The highest BCUT2D eigenvalue weighted by molar-refractivity contribution is 14.0. The Morgan fingerprint density at radius 3 is 1.34 bits per heavy atom. The molecule has 312 valence electrons. The van der Waals surface area contributed by atoms with Crippen LogP contribution in [-0.4, -0.2) is 129 Å². The summed E-state index contributed by atoms with van der Waals surface area (Å²) < 4.78 is 15.9. The van der Waals surface area contributed by atoms with Crippen molar-refractivity contribution >= 4 is 35.9 Å². The molecule has 1 amide bonds. The minimum absolute atomic E-state index is 0. The van der Waals surface area contributed by atoms with Crippen LogP contribution in [0, 0.1) is 23.7 Å². The number of methoxy groups -OCH3 is 1. The number of rotatable bonds is 6. The second kappa shape index (κ2) is 22.0. The van der Waals surface area contributed by atoms with Gasteiger partial charge < -0.3 is 60.4 Å². The van der Waals surface area contributed by atoms with Crippen LogP contribution in [0.2, 0.25) is 0 Å². The highest BCUT2D eigenvalue weighted by Crippen LogP contribution is 2.34. The van der Waals surface area contributed by atoms with Crippen molar-refractivity contribution in [3.63, 3.8) is 0 Å². The summed E-state index contributed by atoms with van der Waals surface area (Å²) in [6.45, 7) is -0.972. The summed E-state index contributed by atoms with van der Waals surface area (Å²) in [6.07, 6.45) is -12.2. The van der Waals surface area contributed by atoms with Gasteiger partial charge >= 0.3 is 5.97 Å². The molecular formula is C44H46INO13. The van der Waals surface area contributed by atoms with Gasteiger partial charge in [-0.1, -0.05) is 60.1 Å². The summed E-state index contributed by atoms with van der Waals surface area (Å²) in [5.41, 5.74) is 4.59. The second-order valence-corrected chi connectivity index (χ2v) is 13.5. The fraction of sp³-hybridized carbons (Fsp3) is 0.318. The Hall–Kier alpha value is -4.73. The molecule has 2 aliphatic rings. The Morgan fingerprint density at radius 1 is 0.576 bits per heavy atom. The topological polar surface area (TPSA) is 236 Å². The number of esters is 1. The van der Waals surface area contributed by atoms with Gasteiger partial charge in [-0.2, -0.15) is 0 Å². The van der Waals surface area contributed by atoms with Gasteiger partial charge in [0.2, 0.25) is 0 Å². The summed E-state index contributed by atoms with van der Waals surface area (Å²) in [6, 6.07) is 27.5. The Bertz CT molecular complexity index is 2020. The average molecular weight is 924 g/mol. The number of aliphatic hydroxyl groups excluding tert-OH is 8. The molecule has 0 radical (unpaired) electrons. The smallest absolute Gasteiger partial charge is 0.337 e. The van der Waals surface area contributed by atoms with Gasteiger partial charge in [-0.3, -0.25) is 4.79 Å². The molecule has 2 aliphatic heterocycles. The summed E-state index contributed by atoms with van der Waals surface area (Å²) in [4.78, 5) is 23.4. The maximum absolute atomic E-state index is 11.7. The molecule has 4 aromatic carbocycles. The van der Waals surface area contributed by atoms with Crippen molar-refractivity contribution < 1.29 is 64.7 Å². The number of carbonyl (C=O) groups excluding carboxylic acids is 2. The number of amides is 1. The lowest BCUT2D eigenvalue weighted by Gasteiger charge is -2.40. The van der Waals surface area contributed by atoms with E-state index in [9.17, 15) is 50.4 Å². The number of halogens is 1. The molecule has 0 bridgehead atoms. The zero-order chi connectivity index (χ0) is 41.9. The molecule has 0 aliphatic carbocycles. The molecule has 0 aromatic heterocycles. The zero-order valence-electron chi connectivity index (χ0n) is 32.0. The first kappa shape index (κ1) is 47.0. The highest BCUT2D eigenvalue weighted by Gasteiger charge is 2.45. The quantitative estimate of drug-likeness (QED) is 0.0747. The molecule has 0 unspecified atom stereocenters. The zero-order valence-corrected chi connectivity index (χ0v) is 34.3. The van der Waals surface area contributed by atoms with Crippen LogP contribution in [0.1, 0.15) is 66.3 Å². The molecule has 2 saturated heterocycles. The minimum Gasteiger partial charge on any atom is -0.465 e. The summed E-state index contributed by atoms with van der Waals surface area (Å²) in [7, 11) is 2.87. The van der Waals surface area contributed by atoms with Crippen molar-refractivity contribution in [2.75, 3.05) is 27.4 Å². The monoisotopic (exact) mass is 923 g/mol. The van der Waals surface area contributed by atoms with Crippen LogP contribution in [0.4, 0.5) is 0 Å². The first-order valence-corrected chi connectivity index (χ1v) is 18.2. The molecule has 9 N–H and O–H groups in total. The van der Waals surface area contributed by atoms with Gasteiger partial charge in [-0.05, 0) is 71.8 Å². The highest BCUT2D eigenvalue weighted by atomic mass is 127. The van der Waals surface area contributed by atoms with Crippen LogP contribution in [0.3, 0.4) is 0 Å². The molecule has 15 heteroatoms. The van der Waals surface area contributed by atoms with Crippen molar-refractivity contribution in [2.24, 2.45) is 0 Å². The van der Waals surface area contributed by atoms with Crippen molar-refractivity contribution in [1.82, 2.24) is 5.32 Å². The summed E-state index contributed by atoms with van der Waals surface area (Å²) >= 11 is 0. The predicted octanol–water partition coefficient (Wildman–Crippen LogP) is 0.967. The lowest BCUT2D eigenvalue weighted by atomic mass is 9.91. The second-order valence-electron chi connectivity index (χ2n) is 13.5. The molecule has 10 atom stereocenters. The number of hydrogen-bond acceptors (Lipinski definition) is 13. The van der Waals surface area contributed by atoms with E-state index in [2.05, 4.69) is 29.0 Å². The minimum atomic E-state index is -1.44. The fourth-order valence-corrected chi connectivity index (χ4v) is 6.35. The third kappa shape index (κ3) is 11.7. The Kier molecular flexibility index (Phi) is 17.5. The van der Waals surface area contributed by atoms with E-state index in [0.717, 1.165) is 0 Å². The van der Waals surface area contributed by atoms with Crippen LogP contribution >= 0.6 is 24.0 Å². The average Bonchev–Trinajstić information content (AvgIpc) is 3.26. The third-order valence-electron chi connectivity index (χ3n) is 9.55. The number of benzene rings is 4. The summed E-state index contributed by atoms with van der Waals surface area (Å²) in [5, 5.41) is 81.6. The Morgan fingerprint density at radius 2 is 0.949 bits per heavy atom. The van der Waals surface area contributed by atoms with Gasteiger partial charge in [-0.15, -0.1) is 24.0 Å². The molecule has 4 aromatic rings. The van der Waals surface area contributed by atoms with Gasteiger partial charge in [0.25, 0.3) is 5.91 Å². The number of aliphatic hydroxyl groups is 8. The van der Waals surface area contributed by atoms with Crippen molar-refractivity contribution in [1.29, 1.82) is 0 Å². The number of carbonyl (C=O) groups is 2. The standard InChI is InChI=1S/C22H23NO6.C22H22O7.HI/c1-23-22(28)16-7-3-5-14(11-16)9-8-13-4-2-6-15(10-13)21-20(27)19(26)18(25)17(12-24)29-21;1-28-22(27)16-7-3-5-14(11-16)9-8-13-4-2-6-15(10-13)21-20(26)19(25)18(24)17(12-23)29-21;/h2-7,10-11,17-21,24-27H,12H2,1H3,(H,23,28);2-7,10-11,17-21,23-26H,12H2,1H3;1H/t2*17-,18-,19+,20+,21-;/m11./s1. The van der Waals surface area contributed by atoms with Crippen molar-refractivity contribution in [3.8, 4) is 23.7 Å². The van der Waals surface area contributed by atoms with Crippen LogP contribution in [0.25, 0.3) is 0 Å². The molecule has 2 heterocycles. The van der Waals surface area contributed by atoms with E-state index in [1.165, 1.54) is 7.11 Å². The van der Waals surface area contributed by atoms with Crippen LogP contribution in [0.15, 0.2) is 97.1 Å². The molecule has 6 rings (SSSR count). The Labute approximate surface area is 358 Å². The lowest BCUT2D eigenvalue weighted by molar-refractivity contribution is -0.231. The van der Waals surface area contributed by atoms with Gasteiger partial charge in [-0.25, -0.2) is 4.79 Å². The van der Waals surface area contributed by atoms with E-state index >= 15 is 0 Å². The van der Waals surface area contributed by atoms with E-state index < -0.39 is 80.2 Å². The van der Waals surface area contributed by atoms with Crippen molar-refractivity contribution in [3.05, 3.63) is 142 Å². The van der Waals surface area contributed by atoms with E-state index in [-0.39, 0.29) is 29.9 Å². The molecule has 59 heavy (non-hydrogen) atoms. The largest absolute Gasteiger partial charge is 0.465 e. The third-order valence-corrected chi connectivity index (χ3v) is 9.55. The van der Waals surface area contributed by atoms with E-state index in [0.29, 0.717) is 44.5 Å². The lowest BCUT2D eigenvalue weighted by Crippen LogP contribution is -2.55. The molecule has 2 fully saturated rings. The number of nitrogens with one attached hydrogen (secondary N) is 1. The molecular weight excluding hydrogens is 877 g/mol. The Balaban J connectivity index is 0.000000256. The van der Waals surface area contributed by atoms with Gasteiger partial charge in [0.1, 0.15) is 61.0 Å². The predicted molar refractivity (Wildman–Crippen MR) is 223 cm³/mol. The van der Waals surface area contributed by atoms with Gasteiger partial charge in [0, 0.05) is 34.9 Å². The maximum atomic E-state index is 11.7. The van der Waals surface area contributed by atoms with Gasteiger partial charge in [0.05, 0.1) is 25.9 Å². The van der Waals surface area contributed by atoms with E-state index in [1.54, 1.807) is 104 Å². The van der Waals surface area contributed by atoms with Crippen LogP contribution < -0.4 is 5.32 Å². The molecule has 0 spiro atoms. The maximum Gasteiger partial charge on any atom is 0.337 e. The molecule has 0 saturated carbocycles. The number of hydrogen-bond donors (Lipinski definition) is 9. The van der Waals surface area contributed by atoms with Crippen LogP contribution in [-0.2, 0) is 14.2 Å². The SMILES string of the molecule is CNC(=O)c1cccc(C#Cc2cccc([C@H]3O[C@H](CO)[C@@H](O)[C@H](O)[C@@H]3O)c2)c1.COC(=O)c1cccc(C#Cc2cccc([C@H]3O[C@H](CO)[C@@H](O)[C@H](O)[C@@H]3O)c2)c1.I. The first-order valence-electron chi connectivity index (χ1n) is 18.2.